The van der Waals surface area contributed by atoms with Gasteiger partial charge in [0.15, 0.2) is 0 Å². The first-order valence-corrected chi connectivity index (χ1v) is 5.24. The molecule has 0 aromatic carbocycles. The highest BCUT2D eigenvalue weighted by Crippen LogP contribution is 2.33. The first-order chi connectivity index (χ1) is 6.72. The number of carbonyl (C=O) groups is 1. The Bertz CT molecular complexity index is 231. The molecule has 4 nitrogen and oxygen atoms in total. The fourth-order valence-corrected chi connectivity index (χ4v) is 2.84. The summed E-state index contributed by atoms with van der Waals surface area (Å²) in [5, 5.41) is 12.2. The number of aliphatic carboxylic acids is 1. The molecule has 0 aromatic heterocycles. The molecule has 2 bridgehead atoms. The Kier molecular flexibility index (Phi) is 2.74. The van der Waals surface area contributed by atoms with Crippen LogP contribution in [-0.2, 0) is 9.53 Å². The van der Waals surface area contributed by atoms with Crippen molar-refractivity contribution in [2.75, 3.05) is 7.11 Å². The van der Waals surface area contributed by atoms with E-state index in [9.17, 15) is 4.79 Å². The Morgan fingerprint density at radius 1 is 1.50 bits per heavy atom. The van der Waals surface area contributed by atoms with Gasteiger partial charge in [0.2, 0.25) is 0 Å². The quantitative estimate of drug-likeness (QED) is 0.684. The summed E-state index contributed by atoms with van der Waals surface area (Å²) in [5.41, 5.74) is 0. The second-order valence-corrected chi connectivity index (χ2v) is 4.31. The molecule has 0 amide bonds. The SMILES string of the molecule is COC1C2CCCC(C2)NC1C(=O)O. The average Bonchev–Trinajstić information content (AvgIpc) is 2.17. The first kappa shape index (κ1) is 9.93. The zero-order valence-electron chi connectivity index (χ0n) is 8.40. The molecule has 2 N–H and O–H groups in total. The number of hydrogen-bond acceptors (Lipinski definition) is 3. The van der Waals surface area contributed by atoms with Crippen molar-refractivity contribution in [2.24, 2.45) is 5.92 Å². The summed E-state index contributed by atoms with van der Waals surface area (Å²) in [7, 11) is 1.61. The van der Waals surface area contributed by atoms with Crippen LogP contribution in [0.4, 0.5) is 0 Å². The molecular weight excluding hydrogens is 182 g/mol. The van der Waals surface area contributed by atoms with E-state index in [0.29, 0.717) is 12.0 Å². The maximum Gasteiger partial charge on any atom is 0.323 e. The van der Waals surface area contributed by atoms with Gasteiger partial charge < -0.3 is 9.84 Å². The fourth-order valence-electron chi connectivity index (χ4n) is 2.84. The van der Waals surface area contributed by atoms with Gasteiger partial charge in [0, 0.05) is 13.2 Å². The van der Waals surface area contributed by atoms with Crippen LogP contribution in [0.25, 0.3) is 0 Å². The summed E-state index contributed by atoms with van der Waals surface area (Å²) in [5.74, 6) is -0.352. The van der Waals surface area contributed by atoms with E-state index >= 15 is 0 Å². The highest BCUT2D eigenvalue weighted by atomic mass is 16.5. The summed E-state index contributed by atoms with van der Waals surface area (Å²) < 4.78 is 5.31. The Labute approximate surface area is 83.6 Å². The Morgan fingerprint density at radius 3 is 2.93 bits per heavy atom. The molecule has 80 valence electrons. The van der Waals surface area contributed by atoms with Gasteiger partial charge >= 0.3 is 5.97 Å². The van der Waals surface area contributed by atoms with Crippen LogP contribution in [0, 0.1) is 5.92 Å². The van der Waals surface area contributed by atoms with Crippen molar-refractivity contribution in [3.05, 3.63) is 0 Å². The molecule has 4 unspecified atom stereocenters. The lowest BCUT2D eigenvalue weighted by Crippen LogP contribution is -2.60. The highest BCUT2D eigenvalue weighted by Gasteiger charge is 2.42. The van der Waals surface area contributed by atoms with Crippen molar-refractivity contribution in [1.29, 1.82) is 0 Å². The predicted molar refractivity (Wildman–Crippen MR) is 51.1 cm³/mol. The molecule has 1 aliphatic carbocycles. The monoisotopic (exact) mass is 199 g/mol. The zero-order valence-corrected chi connectivity index (χ0v) is 8.40. The molecule has 0 aromatic rings. The van der Waals surface area contributed by atoms with Gasteiger partial charge in [0.05, 0.1) is 6.10 Å². The molecule has 1 saturated heterocycles. The minimum absolute atomic E-state index is 0.149. The molecule has 0 spiro atoms. The number of fused-ring (bicyclic) bond motifs is 2. The van der Waals surface area contributed by atoms with Gasteiger partial charge in [-0.15, -0.1) is 0 Å². The third-order valence-corrected chi connectivity index (χ3v) is 3.46. The molecule has 0 radical (unpaired) electrons. The van der Waals surface area contributed by atoms with Crippen molar-refractivity contribution in [2.45, 2.75) is 43.9 Å². The Balaban J connectivity index is 2.13. The zero-order chi connectivity index (χ0) is 10.1. The van der Waals surface area contributed by atoms with E-state index in [2.05, 4.69) is 5.32 Å². The van der Waals surface area contributed by atoms with Gasteiger partial charge in [-0.1, -0.05) is 6.42 Å². The number of carboxylic acids is 1. The molecular formula is C10H17NO3. The van der Waals surface area contributed by atoms with Crippen LogP contribution >= 0.6 is 0 Å². The van der Waals surface area contributed by atoms with Crippen LogP contribution in [0.1, 0.15) is 25.7 Å². The number of carboxylic acid groups (broad SMARTS) is 1. The minimum Gasteiger partial charge on any atom is -0.480 e. The van der Waals surface area contributed by atoms with E-state index in [-0.39, 0.29) is 6.10 Å². The highest BCUT2D eigenvalue weighted by molar-refractivity contribution is 5.74. The van der Waals surface area contributed by atoms with E-state index in [0.717, 1.165) is 19.3 Å². The normalized spacial score (nSPS) is 42.1. The molecule has 2 fully saturated rings. The van der Waals surface area contributed by atoms with Crippen molar-refractivity contribution in [1.82, 2.24) is 5.32 Å². The minimum atomic E-state index is -0.784. The second kappa shape index (κ2) is 3.87. The largest absolute Gasteiger partial charge is 0.480 e. The summed E-state index contributed by atoms with van der Waals surface area (Å²) in [6.45, 7) is 0. The van der Waals surface area contributed by atoms with Crippen LogP contribution < -0.4 is 5.32 Å². The van der Waals surface area contributed by atoms with Gasteiger partial charge in [-0.05, 0) is 25.2 Å². The predicted octanol–water partition coefficient (Wildman–Crippen LogP) is 0.617. The summed E-state index contributed by atoms with van der Waals surface area (Å²) in [4.78, 5) is 11.0. The van der Waals surface area contributed by atoms with E-state index < -0.39 is 12.0 Å². The number of rotatable bonds is 2. The van der Waals surface area contributed by atoms with Crippen LogP contribution in [0.2, 0.25) is 0 Å². The van der Waals surface area contributed by atoms with E-state index in [4.69, 9.17) is 9.84 Å². The topological polar surface area (TPSA) is 58.6 Å². The van der Waals surface area contributed by atoms with Crippen LogP contribution in [0.3, 0.4) is 0 Å². The summed E-state index contributed by atoms with van der Waals surface area (Å²) in [6.07, 6.45) is 4.33. The molecule has 14 heavy (non-hydrogen) atoms. The van der Waals surface area contributed by atoms with Gasteiger partial charge in [-0.2, -0.15) is 0 Å². The first-order valence-electron chi connectivity index (χ1n) is 5.24. The standard InChI is InChI=1S/C10H17NO3/c1-14-9-6-3-2-4-7(5-6)11-8(9)10(12)13/h6-9,11H,2-5H2,1H3,(H,12,13). The summed E-state index contributed by atoms with van der Waals surface area (Å²) >= 11 is 0. The number of piperidine rings is 1. The molecule has 2 aliphatic rings. The average molecular weight is 199 g/mol. The molecule has 1 saturated carbocycles. The smallest absolute Gasteiger partial charge is 0.323 e. The maximum atomic E-state index is 11.0. The molecule has 1 heterocycles. The van der Waals surface area contributed by atoms with Crippen LogP contribution in [0.15, 0.2) is 0 Å². The molecule has 2 rings (SSSR count). The van der Waals surface area contributed by atoms with Gasteiger partial charge in [0.1, 0.15) is 6.04 Å². The Morgan fingerprint density at radius 2 is 2.29 bits per heavy atom. The lowest BCUT2D eigenvalue weighted by Gasteiger charge is -2.43. The molecule has 4 heteroatoms. The van der Waals surface area contributed by atoms with Gasteiger partial charge in [-0.25, -0.2) is 0 Å². The third-order valence-electron chi connectivity index (χ3n) is 3.46. The number of nitrogens with one attached hydrogen (secondary N) is 1. The van der Waals surface area contributed by atoms with Gasteiger partial charge in [-0.3, -0.25) is 10.1 Å². The van der Waals surface area contributed by atoms with Crippen molar-refractivity contribution >= 4 is 5.97 Å². The van der Waals surface area contributed by atoms with E-state index in [1.54, 1.807) is 7.11 Å². The molecule has 1 aliphatic heterocycles. The van der Waals surface area contributed by atoms with Crippen LogP contribution in [-0.4, -0.2) is 36.4 Å². The van der Waals surface area contributed by atoms with Crippen molar-refractivity contribution in [3.63, 3.8) is 0 Å². The van der Waals surface area contributed by atoms with Crippen LogP contribution in [0.5, 0.6) is 0 Å². The number of hydrogen-bond donors (Lipinski definition) is 2. The van der Waals surface area contributed by atoms with Crippen molar-refractivity contribution in [3.8, 4) is 0 Å². The Hall–Kier alpha value is -0.610. The van der Waals surface area contributed by atoms with Gasteiger partial charge in [0.25, 0.3) is 0 Å². The third kappa shape index (κ3) is 1.64. The summed E-state index contributed by atoms with van der Waals surface area (Å²) in [6, 6.07) is -0.120. The van der Waals surface area contributed by atoms with E-state index in [1.807, 2.05) is 0 Å². The second-order valence-electron chi connectivity index (χ2n) is 4.31. The van der Waals surface area contributed by atoms with E-state index in [1.165, 1.54) is 6.42 Å². The molecule has 4 atom stereocenters. The lowest BCUT2D eigenvalue weighted by atomic mass is 9.76. The number of methoxy groups -OCH3 is 1. The maximum absolute atomic E-state index is 11.0. The fraction of sp³-hybridized carbons (Fsp3) is 0.900. The van der Waals surface area contributed by atoms with Crippen molar-refractivity contribution < 1.29 is 14.6 Å². The lowest BCUT2D eigenvalue weighted by molar-refractivity contribution is -0.148. The number of ether oxygens (including phenoxy) is 1.